The Morgan fingerprint density at radius 1 is 0.415 bits per heavy atom. The summed E-state index contributed by atoms with van der Waals surface area (Å²) in [7, 11) is 0. The van der Waals surface area contributed by atoms with Crippen LogP contribution in [0, 0.1) is 11.3 Å². The van der Waals surface area contributed by atoms with Crippen LogP contribution in [0.25, 0.3) is 104 Å². The van der Waals surface area contributed by atoms with Crippen molar-refractivity contribution in [2.24, 2.45) is 0 Å². The predicted octanol–water partition coefficient (Wildman–Crippen LogP) is 13.2. The van der Waals surface area contributed by atoms with Crippen LogP contribution in [0.15, 0.2) is 176 Å². The van der Waals surface area contributed by atoms with Crippen molar-refractivity contribution < 1.29 is 0 Å². The molecule has 0 aliphatic rings. The van der Waals surface area contributed by atoms with Gasteiger partial charge in [0.05, 0.1) is 33.9 Å². The van der Waals surface area contributed by atoms with Crippen LogP contribution < -0.4 is 0 Å². The van der Waals surface area contributed by atoms with E-state index in [4.69, 9.17) is 4.98 Å². The zero-order valence-electron chi connectivity index (χ0n) is 28.6. The van der Waals surface area contributed by atoms with Gasteiger partial charge in [-0.05, 0) is 86.6 Å². The summed E-state index contributed by atoms with van der Waals surface area (Å²) in [6, 6.07) is 64.9. The van der Waals surface area contributed by atoms with Gasteiger partial charge in [-0.1, -0.05) is 127 Å². The molecule has 0 aliphatic carbocycles. The largest absolute Gasteiger partial charge is 0.309 e. The van der Waals surface area contributed by atoms with Gasteiger partial charge < -0.3 is 4.57 Å². The molecule has 0 unspecified atom stereocenters. The Hall–Kier alpha value is -7.28. The fourth-order valence-corrected chi connectivity index (χ4v) is 8.60. The van der Waals surface area contributed by atoms with Crippen LogP contribution in [0.4, 0.5) is 0 Å². The smallest absolute Gasteiger partial charge is 0.0991 e. The molecule has 0 bridgehead atoms. The van der Waals surface area contributed by atoms with Gasteiger partial charge in [-0.15, -0.1) is 0 Å². The van der Waals surface area contributed by atoms with E-state index in [1.165, 1.54) is 37.7 Å². The van der Waals surface area contributed by atoms with Crippen LogP contribution in [-0.4, -0.2) is 9.55 Å². The van der Waals surface area contributed by atoms with Crippen LogP contribution >= 0.6 is 0 Å². The van der Waals surface area contributed by atoms with E-state index >= 15 is 0 Å². The van der Waals surface area contributed by atoms with Gasteiger partial charge in [-0.3, -0.25) is 0 Å². The lowest BCUT2D eigenvalue weighted by molar-refractivity contribution is 1.18. The number of aromatic nitrogens is 2. The number of rotatable bonds is 3. The number of hydrogen-bond acceptors (Lipinski definition) is 2. The molecular weight excluding hydrogens is 643 g/mol. The van der Waals surface area contributed by atoms with Crippen molar-refractivity contribution in [2.75, 3.05) is 0 Å². The molecule has 2 heterocycles. The Labute approximate surface area is 305 Å². The third-order valence-electron chi connectivity index (χ3n) is 10.9. The molecule has 0 saturated heterocycles. The highest BCUT2D eigenvalue weighted by Crippen LogP contribution is 2.44. The molecule has 2 aromatic heterocycles. The van der Waals surface area contributed by atoms with E-state index in [1.807, 2.05) is 18.2 Å². The molecule has 0 aliphatic heterocycles. The second-order valence-electron chi connectivity index (χ2n) is 13.8. The van der Waals surface area contributed by atoms with E-state index in [9.17, 15) is 5.26 Å². The fraction of sp³-hybridized carbons (Fsp3) is 0. The van der Waals surface area contributed by atoms with Crippen LogP contribution in [0.1, 0.15) is 5.56 Å². The lowest BCUT2D eigenvalue weighted by atomic mass is 9.89. The first kappa shape index (κ1) is 29.5. The van der Waals surface area contributed by atoms with Gasteiger partial charge in [0.15, 0.2) is 0 Å². The van der Waals surface area contributed by atoms with Crippen molar-refractivity contribution in [3.8, 4) is 34.1 Å². The standard InChI is InChI=1S/C50H29N3/c51-30-31-21-25-45-43(27-31)44-29-34(23-26-46(44)53(45)36-14-2-1-3-15-36)33-12-10-13-35(28-33)49-42-24-22-32-11-4-5-16-37(32)47(42)48-40-19-8-6-17-38(40)39-18-7-9-20-41(39)50(48)52-49/h1-29H. The highest BCUT2D eigenvalue weighted by Gasteiger charge is 2.19. The summed E-state index contributed by atoms with van der Waals surface area (Å²) >= 11 is 0. The third-order valence-corrected chi connectivity index (χ3v) is 10.9. The van der Waals surface area contributed by atoms with E-state index < -0.39 is 0 Å². The zero-order chi connectivity index (χ0) is 35.0. The monoisotopic (exact) mass is 671 g/mol. The summed E-state index contributed by atoms with van der Waals surface area (Å²) in [6.07, 6.45) is 0. The molecule has 0 radical (unpaired) electrons. The summed E-state index contributed by atoms with van der Waals surface area (Å²) in [5.74, 6) is 0. The summed E-state index contributed by atoms with van der Waals surface area (Å²) in [5.41, 5.74) is 9.22. The quantitative estimate of drug-likeness (QED) is 0.175. The van der Waals surface area contributed by atoms with E-state index in [0.717, 1.165) is 66.2 Å². The molecule has 11 rings (SSSR count). The molecule has 0 N–H and O–H groups in total. The second kappa shape index (κ2) is 11.4. The first-order valence-electron chi connectivity index (χ1n) is 17.9. The maximum absolute atomic E-state index is 9.81. The van der Waals surface area contributed by atoms with Crippen molar-refractivity contribution in [3.63, 3.8) is 0 Å². The average Bonchev–Trinajstić information content (AvgIpc) is 3.56. The number of para-hydroxylation sites is 1. The van der Waals surface area contributed by atoms with Crippen LogP contribution in [-0.2, 0) is 0 Å². The van der Waals surface area contributed by atoms with E-state index in [2.05, 4.69) is 168 Å². The number of nitrogens with zero attached hydrogens (tertiary/aromatic N) is 3. The first-order valence-corrected chi connectivity index (χ1v) is 17.9. The predicted molar refractivity (Wildman–Crippen MR) is 222 cm³/mol. The maximum atomic E-state index is 9.81. The highest BCUT2D eigenvalue weighted by atomic mass is 15.0. The van der Waals surface area contributed by atoms with Crippen molar-refractivity contribution >= 4 is 75.8 Å². The molecule has 0 saturated carbocycles. The molecule has 3 heteroatoms. The van der Waals surface area contributed by atoms with Gasteiger partial charge in [0.25, 0.3) is 0 Å². The average molecular weight is 672 g/mol. The number of fused-ring (bicyclic) bond motifs is 13. The molecular formula is C50H29N3. The number of nitriles is 1. The van der Waals surface area contributed by atoms with Crippen LogP contribution in [0.3, 0.4) is 0 Å². The fourth-order valence-electron chi connectivity index (χ4n) is 8.60. The van der Waals surface area contributed by atoms with Crippen molar-refractivity contribution in [3.05, 3.63) is 181 Å². The SMILES string of the molecule is N#Cc1ccc2c(c1)c1cc(-c3cccc(-c4nc5c6ccccc6c6ccccc6c5c5c4ccc4ccccc45)c3)ccc1n2-c1ccccc1. The third kappa shape index (κ3) is 4.37. The van der Waals surface area contributed by atoms with Gasteiger partial charge >= 0.3 is 0 Å². The molecule has 0 amide bonds. The molecule has 244 valence electrons. The molecule has 9 aromatic carbocycles. The van der Waals surface area contributed by atoms with Crippen molar-refractivity contribution in [1.29, 1.82) is 5.26 Å². The molecule has 11 aromatic rings. The Morgan fingerprint density at radius 2 is 1.06 bits per heavy atom. The Kier molecular flexibility index (Phi) is 6.32. The lowest BCUT2D eigenvalue weighted by Crippen LogP contribution is -1.94. The number of hydrogen-bond donors (Lipinski definition) is 0. The van der Waals surface area contributed by atoms with Crippen molar-refractivity contribution in [2.45, 2.75) is 0 Å². The molecule has 0 fully saturated rings. The molecule has 53 heavy (non-hydrogen) atoms. The number of benzene rings is 9. The summed E-state index contributed by atoms with van der Waals surface area (Å²) < 4.78 is 2.29. The van der Waals surface area contributed by atoms with Crippen LogP contribution in [0.5, 0.6) is 0 Å². The van der Waals surface area contributed by atoms with Gasteiger partial charge in [0.2, 0.25) is 0 Å². The first-order chi connectivity index (χ1) is 26.2. The molecule has 0 spiro atoms. The van der Waals surface area contributed by atoms with Crippen LogP contribution in [0.2, 0.25) is 0 Å². The van der Waals surface area contributed by atoms with E-state index in [0.29, 0.717) is 5.56 Å². The normalized spacial score (nSPS) is 11.8. The Morgan fingerprint density at radius 3 is 1.87 bits per heavy atom. The summed E-state index contributed by atoms with van der Waals surface area (Å²) in [5, 5.41) is 22.8. The summed E-state index contributed by atoms with van der Waals surface area (Å²) in [4.78, 5) is 5.61. The molecule has 3 nitrogen and oxygen atoms in total. The lowest BCUT2D eigenvalue weighted by Gasteiger charge is -2.17. The minimum Gasteiger partial charge on any atom is -0.309 e. The maximum Gasteiger partial charge on any atom is 0.0991 e. The zero-order valence-corrected chi connectivity index (χ0v) is 28.6. The second-order valence-corrected chi connectivity index (χ2v) is 13.8. The van der Waals surface area contributed by atoms with Gasteiger partial charge in [-0.25, -0.2) is 4.98 Å². The topological polar surface area (TPSA) is 41.6 Å². The number of pyridine rings is 1. The van der Waals surface area contributed by atoms with E-state index in [-0.39, 0.29) is 0 Å². The molecule has 0 atom stereocenters. The highest BCUT2D eigenvalue weighted by molar-refractivity contribution is 6.35. The minimum absolute atomic E-state index is 0.652. The van der Waals surface area contributed by atoms with Gasteiger partial charge in [0.1, 0.15) is 0 Å². The van der Waals surface area contributed by atoms with E-state index in [1.54, 1.807) is 0 Å². The Bertz CT molecular complexity index is 3340. The van der Waals surface area contributed by atoms with Crippen molar-refractivity contribution in [1.82, 2.24) is 9.55 Å². The van der Waals surface area contributed by atoms with Gasteiger partial charge in [0, 0.05) is 43.6 Å². The minimum atomic E-state index is 0.652. The van der Waals surface area contributed by atoms with Gasteiger partial charge in [-0.2, -0.15) is 5.26 Å². The summed E-state index contributed by atoms with van der Waals surface area (Å²) in [6.45, 7) is 0. The Balaban J connectivity index is 1.19.